The molecule has 57 heavy (non-hydrogen) atoms. The summed E-state index contributed by atoms with van der Waals surface area (Å²) in [6, 6.07) is 17.5. The van der Waals surface area contributed by atoms with Gasteiger partial charge in [-0.1, -0.05) is 48.0 Å². The fourth-order valence-corrected chi connectivity index (χ4v) is 8.43. The van der Waals surface area contributed by atoms with Crippen molar-refractivity contribution in [2.45, 2.75) is 91.0 Å². The molecule has 3 aromatic carbocycles. The third-order valence-electron chi connectivity index (χ3n) is 10.7. The fourth-order valence-electron chi connectivity index (χ4n) is 8.19. The Kier molecular flexibility index (Phi) is 11.4. The van der Waals surface area contributed by atoms with Crippen LogP contribution in [0.2, 0.25) is 5.02 Å². The largest absolute Gasteiger partial charge is 0.507 e. The van der Waals surface area contributed by atoms with Crippen molar-refractivity contribution in [1.82, 2.24) is 29.0 Å². The van der Waals surface area contributed by atoms with Crippen molar-refractivity contribution < 1.29 is 29.3 Å². The lowest BCUT2D eigenvalue weighted by atomic mass is 9.95. The molecular formula is C44H51ClN6O6. The van der Waals surface area contributed by atoms with E-state index in [-0.39, 0.29) is 25.4 Å². The molecule has 6 aromatic rings. The Labute approximate surface area is 337 Å². The lowest BCUT2D eigenvalue weighted by Gasteiger charge is -2.27. The van der Waals surface area contributed by atoms with E-state index in [1.165, 1.54) is 7.11 Å². The molecule has 0 atom stereocenters. The number of amides is 1. The maximum atomic E-state index is 14.1. The Hall–Kier alpha value is -5.33. The van der Waals surface area contributed by atoms with Crippen molar-refractivity contribution in [1.29, 1.82) is 0 Å². The number of carbonyl (C=O) groups is 2. The lowest BCUT2D eigenvalue weighted by molar-refractivity contribution is 0.0211. The third-order valence-corrected chi connectivity index (χ3v) is 11.0. The lowest BCUT2D eigenvalue weighted by Crippen LogP contribution is -2.36. The van der Waals surface area contributed by atoms with E-state index in [4.69, 9.17) is 31.3 Å². The Balaban J connectivity index is 1.27. The minimum atomic E-state index is -0.751. The molecular weight excluding hydrogens is 744 g/mol. The normalized spacial score (nSPS) is 13.0. The first-order chi connectivity index (χ1) is 27.3. The molecule has 2 N–H and O–H groups in total. The Morgan fingerprint density at radius 3 is 2.49 bits per heavy atom. The minimum Gasteiger partial charge on any atom is -0.507 e. The van der Waals surface area contributed by atoms with Crippen LogP contribution in [0.5, 0.6) is 5.75 Å². The minimum absolute atomic E-state index is 0.0220. The summed E-state index contributed by atoms with van der Waals surface area (Å²) in [6.07, 6.45) is 4.54. The number of esters is 1. The second kappa shape index (κ2) is 16.3. The number of phenols is 1. The number of methoxy groups -OCH3 is 1. The third kappa shape index (κ3) is 8.11. The fraction of sp³-hybridized carbons (Fsp3) is 0.409. The van der Waals surface area contributed by atoms with E-state index in [2.05, 4.69) is 6.07 Å². The van der Waals surface area contributed by atoms with Crippen molar-refractivity contribution in [3.05, 3.63) is 99.2 Å². The van der Waals surface area contributed by atoms with Gasteiger partial charge in [0.05, 0.1) is 42.1 Å². The molecule has 0 spiro atoms. The number of aryl methyl sites for hydroxylation is 6. The molecule has 0 saturated carbocycles. The smallest absolute Gasteiger partial charge is 0.410 e. The van der Waals surface area contributed by atoms with Crippen LogP contribution >= 0.6 is 11.6 Å². The van der Waals surface area contributed by atoms with Crippen molar-refractivity contribution >= 4 is 45.3 Å². The molecule has 0 aliphatic carbocycles. The number of benzene rings is 3. The van der Waals surface area contributed by atoms with Gasteiger partial charge in [0.25, 0.3) is 0 Å². The summed E-state index contributed by atoms with van der Waals surface area (Å²) in [4.78, 5) is 29.0. The number of aliphatic hydroxyl groups is 1. The maximum absolute atomic E-state index is 14.1. The van der Waals surface area contributed by atoms with Gasteiger partial charge in [-0.15, -0.1) is 0 Å². The number of hydrogen-bond donors (Lipinski definition) is 2. The number of aromatic nitrogens is 5. The molecule has 0 bridgehead atoms. The van der Waals surface area contributed by atoms with Gasteiger partial charge in [-0.2, -0.15) is 10.2 Å². The summed E-state index contributed by atoms with van der Waals surface area (Å²) < 4.78 is 16.9. The Morgan fingerprint density at radius 2 is 1.74 bits per heavy atom. The highest BCUT2D eigenvalue weighted by molar-refractivity contribution is 6.35. The number of phenolic OH excluding ortho intramolecular Hbond substituents is 1. The van der Waals surface area contributed by atoms with Gasteiger partial charge in [0, 0.05) is 60.5 Å². The second-order valence-electron chi connectivity index (χ2n) is 15.9. The Morgan fingerprint density at radius 1 is 0.947 bits per heavy atom. The monoisotopic (exact) mass is 794 g/mol. The number of aromatic hydroxyl groups is 1. The molecule has 300 valence electrons. The van der Waals surface area contributed by atoms with Crippen LogP contribution in [0.3, 0.4) is 0 Å². The number of ether oxygens (including phenoxy) is 2. The van der Waals surface area contributed by atoms with Crippen LogP contribution < -0.4 is 0 Å². The zero-order valence-corrected chi connectivity index (χ0v) is 34.3. The highest BCUT2D eigenvalue weighted by atomic mass is 35.5. The first kappa shape index (κ1) is 39.9. The number of hydrogen-bond acceptors (Lipinski definition) is 8. The van der Waals surface area contributed by atoms with Crippen LogP contribution in [0.1, 0.15) is 84.4 Å². The standard InChI is InChI=1S/C44H51ClN6O6/c1-44(2,3)57-43(55)50(25-29-24-30(49(5)46-29)17-16-27-22-28-12-7-8-13-31(28)37(53)23-27)26-35-39(36-15-9-10-20-51(36)47-35)38-34(45)19-18-33-32(14-11-21-52)41(42(54)56-6)48(4)40(33)38/h7-8,12-13,18-19,22-24,52-53H,9-11,14-17,20-21,25-26H2,1-6H3. The Bertz CT molecular complexity index is 2470. The maximum Gasteiger partial charge on any atom is 0.410 e. The topological polar surface area (TPSA) is 137 Å². The summed E-state index contributed by atoms with van der Waals surface area (Å²) in [5.41, 5.74) is 7.17. The molecule has 3 aromatic heterocycles. The zero-order valence-electron chi connectivity index (χ0n) is 33.6. The molecule has 12 nitrogen and oxygen atoms in total. The first-order valence-corrected chi connectivity index (χ1v) is 19.9. The number of halogens is 1. The predicted octanol–water partition coefficient (Wildman–Crippen LogP) is 8.06. The molecule has 1 amide bonds. The van der Waals surface area contributed by atoms with Crippen molar-refractivity contribution in [3.8, 4) is 16.9 Å². The van der Waals surface area contributed by atoms with Crippen LogP contribution in [0.4, 0.5) is 4.79 Å². The summed E-state index contributed by atoms with van der Waals surface area (Å²) in [6.45, 7) is 6.52. The van der Waals surface area contributed by atoms with Crippen LogP contribution in [-0.4, -0.2) is 70.6 Å². The van der Waals surface area contributed by atoms with E-state index in [1.807, 2.05) is 97.3 Å². The number of fused-ring (bicyclic) bond motifs is 3. The average molecular weight is 795 g/mol. The zero-order chi connectivity index (χ0) is 40.6. The van der Waals surface area contributed by atoms with Gasteiger partial charge in [0.2, 0.25) is 0 Å². The molecule has 0 radical (unpaired) electrons. The van der Waals surface area contributed by atoms with E-state index in [1.54, 1.807) is 4.90 Å². The van der Waals surface area contributed by atoms with Crippen molar-refractivity contribution in [2.75, 3.05) is 13.7 Å². The molecule has 13 heteroatoms. The molecule has 1 aliphatic rings. The van der Waals surface area contributed by atoms with Gasteiger partial charge >= 0.3 is 12.1 Å². The van der Waals surface area contributed by atoms with Crippen LogP contribution in [-0.2, 0) is 68.9 Å². The number of rotatable bonds is 12. The van der Waals surface area contributed by atoms with E-state index in [0.717, 1.165) is 81.1 Å². The highest BCUT2D eigenvalue weighted by Crippen LogP contribution is 2.43. The number of nitrogens with zero attached hydrogens (tertiary/aromatic N) is 6. The molecule has 4 heterocycles. The average Bonchev–Trinajstić information content (AvgIpc) is 3.81. The van der Waals surface area contributed by atoms with Gasteiger partial charge in [-0.05, 0) is 100 Å². The number of aliphatic hydroxyl groups excluding tert-OH is 1. The van der Waals surface area contributed by atoms with Gasteiger partial charge in [0.15, 0.2) is 0 Å². The molecule has 7 rings (SSSR count). The van der Waals surface area contributed by atoms with Gasteiger partial charge < -0.3 is 24.3 Å². The second-order valence-corrected chi connectivity index (χ2v) is 16.3. The van der Waals surface area contributed by atoms with Crippen LogP contribution in [0.25, 0.3) is 32.8 Å². The summed E-state index contributed by atoms with van der Waals surface area (Å²) in [5.74, 6) is -0.208. The SMILES string of the molecule is COC(=O)c1c(CCCO)c2ccc(Cl)c(-c3c(CN(Cc4cc(CCc5cc(O)c6ccccc6c5)n(C)n4)C(=O)OC(C)(C)C)nn4c3CCCC4)c2n1C. The molecule has 0 saturated heterocycles. The highest BCUT2D eigenvalue weighted by Gasteiger charge is 2.32. The van der Waals surface area contributed by atoms with E-state index in [9.17, 15) is 19.8 Å². The van der Waals surface area contributed by atoms with Gasteiger partial charge in [-0.3, -0.25) is 14.3 Å². The van der Waals surface area contributed by atoms with Crippen LogP contribution in [0.15, 0.2) is 54.6 Å². The molecule has 1 aliphatic heterocycles. The predicted molar refractivity (Wildman–Crippen MR) is 221 cm³/mol. The molecule has 0 fully saturated rings. The summed E-state index contributed by atoms with van der Waals surface area (Å²) in [5, 5.41) is 33.5. The van der Waals surface area contributed by atoms with E-state index >= 15 is 0 Å². The first-order valence-electron chi connectivity index (χ1n) is 19.6. The number of carbonyl (C=O) groups excluding carboxylic acids is 2. The van der Waals surface area contributed by atoms with Gasteiger partial charge in [0.1, 0.15) is 17.0 Å². The van der Waals surface area contributed by atoms with Crippen molar-refractivity contribution in [3.63, 3.8) is 0 Å². The van der Waals surface area contributed by atoms with E-state index < -0.39 is 17.7 Å². The summed E-state index contributed by atoms with van der Waals surface area (Å²) >= 11 is 7.17. The quantitative estimate of drug-likeness (QED) is 0.119. The van der Waals surface area contributed by atoms with Crippen molar-refractivity contribution in [2.24, 2.45) is 14.1 Å². The molecule has 0 unspecified atom stereocenters. The van der Waals surface area contributed by atoms with Gasteiger partial charge in [-0.25, -0.2) is 9.59 Å². The summed E-state index contributed by atoms with van der Waals surface area (Å²) in [7, 11) is 5.10. The van der Waals surface area contributed by atoms with Crippen LogP contribution in [0, 0.1) is 0 Å². The van der Waals surface area contributed by atoms with E-state index in [0.29, 0.717) is 47.8 Å².